The number of nitrogens with one attached hydrogen (secondary N) is 1. The molecule has 1 atom stereocenters. The van der Waals surface area contributed by atoms with Gasteiger partial charge >= 0.3 is 0 Å². The van der Waals surface area contributed by atoms with Gasteiger partial charge in [-0.15, -0.1) is 0 Å². The van der Waals surface area contributed by atoms with Gasteiger partial charge in [-0.25, -0.2) is 0 Å². The largest absolute Gasteiger partial charge is 0.382 e. The van der Waals surface area contributed by atoms with Gasteiger partial charge in [0.05, 0.1) is 19.8 Å². The Labute approximate surface area is 99.6 Å². The van der Waals surface area contributed by atoms with Gasteiger partial charge in [0.15, 0.2) is 0 Å². The van der Waals surface area contributed by atoms with Crippen molar-refractivity contribution in [2.75, 3.05) is 46.7 Å². The number of methoxy groups -OCH3 is 1. The second-order valence-electron chi connectivity index (χ2n) is 3.70. The molecule has 1 unspecified atom stereocenters. The Kier molecular flexibility index (Phi) is 12.8. The fourth-order valence-corrected chi connectivity index (χ4v) is 1.34. The molecular formula is C12H27NO3. The molecule has 4 nitrogen and oxygen atoms in total. The molecular weight excluding hydrogens is 206 g/mol. The Hall–Kier alpha value is -0.160. The molecule has 0 aliphatic heterocycles. The van der Waals surface area contributed by atoms with Crippen LogP contribution < -0.4 is 5.32 Å². The summed E-state index contributed by atoms with van der Waals surface area (Å²) in [6, 6.07) is 0.486. The van der Waals surface area contributed by atoms with E-state index in [9.17, 15) is 0 Å². The molecule has 0 bridgehead atoms. The minimum atomic E-state index is 0.486. The molecule has 0 aromatic rings. The first kappa shape index (κ1) is 15.8. The van der Waals surface area contributed by atoms with E-state index in [1.807, 2.05) is 0 Å². The van der Waals surface area contributed by atoms with E-state index in [0.717, 1.165) is 39.2 Å². The zero-order valence-electron chi connectivity index (χ0n) is 11.0. The maximum atomic E-state index is 5.57. The first-order valence-corrected chi connectivity index (χ1v) is 6.22. The third-order valence-electron chi connectivity index (χ3n) is 2.31. The molecule has 98 valence electrons. The number of rotatable bonds is 12. The Balaban J connectivity index is 3.12. The van der Waals surface area contributed by atoms with Crippen LogP contribution in [-0.2, 0) is 14.2 Å². The molecule has 0 saturated carbocycles. The Morgan fingerprint density at radius 2 is 1.75 bits per heavy atom. The van der Waals surface area contributed by atoms with Gasteiger partial charge in [-0.05, 0) is 19.4 Å². The van der Waals surface area contributed by atoms with Gasteiger partial charge in [0, 0.05) is 26.4 Å². The fourth-order valence-electron chi connectivity index (χ4n) is 1.34. The van der Waals surface area contributed by atoms with E-state index in [1.54, 1.807) is 7.11 Å². The SMILES string of the molecule is CCNC(CC)COCCCOCCOC. The summed E-state index contributed by atoms with van der Waals surface area (Å²) in [6.07, 6.45) is 2.06. The molecule has 16 heavy (non-hydrogen) atoms. The maximum absolute atomic E-state index is 5.57. The summed E-state index contributed by atoms with van der Waals surface area (Å²) < 4.78 is 15.8. The van der Waals surface area contributed by atoms with Crippen molar-refractivity contribution in [3.8, 4) is 0 Å². The fraction of sp³-hybridized carbons (Fsp3) is 1.00. The predicted molar refractivity (Wildman–Crippen MR) is 65.9 cm³/mol. The lowest BCUT2D eigenvalue weighted by Crippen LogP contribution is -2.32. The van der Waals surface area contributed by atoms with Crippen molar-refractivity contribution in [3.05, 3.63) is 0 Å². The molecule has 4 heteroatoms. The van der Waals surface area contributed by atoms with Gasteiger partial charge in [0.1, 0.15) is 0 Å². The van der Waals surface area contributed by atoms with Crippen LogP contribution in [0, 0.1) is 0 Å². The van der Waals surface area contributed by atoms with Crippen LogP contribution >= 0.6 is 0 Å². The van der Waals surface area contributed by atoms with E-state index in [2.05, 4.69) is 19.2 Å². The lowest BCUT2D eigenvalue weighted by molar-refractivity contribution is 0.0473. The van der Waals surface area contributed by atoms with Crippen molar-refractivity contribution in [1.82, 2.24) is 5.32 Å². The molecule has 0 aliphatic rings. The number of hydrogen-bond donors (Lipinski definition) is 1. The Morgan fingerprint density at radius 1 is 1.00 bits per heavy atom. The smallest absolute Gasteiger partial charge is 0.0700 e. The number of hydrogen-bond acceptors (Lipinski definition) is 4. The van der Waals surface area contributed by atoms with E-state index in [1.165, 1.54) is 0 Å². The normalized spacial score (nSPS) is 12.9. The quantitative estimate of drug-likeness (QED) is 0.518. The molecule has 0 aliphatic carbocycles. The van der Waals surface area contributed by atoms with Crippen LogP contribution in [0.25, 0.3) is 0 Å². The van der Waals surface area contributed by atoms with E-state index < -0.39 is 0 Å². The number of likely N-dealkylation sites (N-methyl/N-ethyl adjacent to an activating group) is 1. The van der Waals surface area contributed by atoms with Crippen molar-refractivity contribution < 1.29 is 14.2 Å². The van der Waals surface area contributed by atoms with Crippen molar-refractivity contribution in [2.24, 2.45) is 0 Å². The third kappa shape index (κ3) is 10.4. The molecule has 0 fully saturated rings. The Bertz CT molecular complexity index is 133. The second kappa shape index (κ2) is 12.9. The molecule has 0 rings (SSSR count). The highest BCUT2D eigenvalue weighted by atomic mass is 16.5. The van der Waals surface area contributed by atoms with Crippen LogP contribution in [0.5, 0.6) is 0 Å². The van der Waals surface area contributed by atoms with Gasteiger partial charge in [-0.1, -0.05) is 13.8 Å². The molecule has 0 aromatic heterocycles. The zero-order chi connectivity index (χ0) is 12.1. The molecule has 0 amide bonds. The van der Waals surface area contributed by atoms with Gasteiger partial charge < -0.3 is 19.5 Å². The van der Waals surface area contributed by atoms with Crippen molar-refractivity contribution >= 4 is 0 Å². The first-order chi connectivity index (χ1) is 7.85. The van der Waals surface area contributed by atoms with Crippen molar-refractivity contribution in [3.63, 3.8) is 0 Å². The standard InChI is InChI=1S/C12H27NO3/c1-4-12(13-5-2)11-16-8-6-7-15-10-9-14-3/h12-13H,4-11H2,1-3H3. The molecule has 0 saturated heterocycles. The summed E-state index contributed by atoms with van der Waals surface area (Å²) >= 11 is 0. The average molecular weight is 233 g/mol. The van der Waals surface area contributed by atoms with Gasteiger partial charge in [-0.2, -0.15) is 0 Å². The van der Waals surface area contributed by atoms with Crippen LogP contribution in [-0.4, -0.2) is 52.7 Å². The van der Waals surface area contributed by atoms with E-state index in [4.69, 9.17) is 14.2 Å². The number of ether oxygens (including phenoxy) is 3. The lowest BCUT2D eigenvalue weighted by Gasteiger charge is -2.15. The molecule has 0 spiro atoms. The first-order valence-electron chi connectivity index (χ1n) is 6.22. The van der Waals surface area contributed by atoms with Gasteiger partial charge in [0.2, 0.25) is 0 Å². The summed E-state index contributed by atoms with van der Waals surface area (Å²) in [4.78, 5) is 0. The van der Waals surface area contributed by atoms with Gasteiger partial charge in [-0.3, -0.25) is 0 Å². The summed E-state index contributed by atoms with van der Waals surface area (Å²) in [5.41, 5.74) is 0. The van der Waals surface area contributed by atoms with Crippen LogP contribution in [0.3, 0.4) is 0 Å². The van der Waals surface area contributed by atoms with E-state index >= 15 is 0 Å². The van der Waals surface area contributed by atoms with Crippen LogP contribution in [0.4, 0.5) is 0 Å². The molecule has 0 radical (unpaired) electrons. The summed E-state index contributed by atoms with van der Waals surface area (Å²) in [6.45, 7) is 8.95. The predicted octanol–water partition coefficient (Wildman–Crippen LogP) is 1.44. The third-order valence-corrected chi connectivity index (χ3v) is 2.31. The van der Waals surface area contributed by atoms with Crippen molar-refractivity contribution in [1.29, 1.82) is 0 Å². The Morgan fingerprint density at radius 3 is 2.38 bits per heavy atom. The topological polar surface area (TPSA) is 39.7 Å². The highest BCUT2D eigenvalue weighted by molar-refractivity contribution is 4.61. The minimum Gasteiger partial charge on any atom is -0.382 e. The van der Waals surface area contributed by atoms with E-state index in [0.29, 0.717) is 19.3 Å². The zero-order valence-corrected chi connectivity index (χ0v) is 11.0. The summed E-state index contributed by atoms with van der Waals surface area (Å²) in [7, 11) is 1.68. The molecule has 0 heterocycles. The minimum absolute atomic E-state index is 0.486. The summed E-state index contributed by atoms with van der Waals surface area (Å²) in [5.74, 6) is 0. The van der Waals surface area contributed by atoms with Crippen LogP contribution in [0.15, 0.2) is 0 Å². The highest BCUT2D eigenvalue weighted by Crippen LogP contribution is 1.93. The lowest BCUT2D eigenvalue weighted by atomic mass is 10.2. The highest BCUT2D eigenvalue weighted by Gasteiger charge is 2.03. The van der Waals surface area contributed by atoms with Crippen molar-refractivity contribution in [2.45, 2.75) is 32.7 Å². The van der Waals surface area contributed by atoms with Crippen LogP contribution in [0.2, 0.25) is 0 Å². The molecule has 0 aromatic carbocycles. The summed E-state index contributed by atoms with van der Waals surface area (Å²) in [5, 5.41) is 3.38. The van der Waals surface area contributed by atoms with E-state index in [-0.39, 0.29) is 0 Å². The maximum Gasteiger partial charge on any atom is 0.0700 e. The monoisotopic (exact) mass is 233 g/mol. The average Bonchev–Trinajstić information content (AvgIpc) is 2.31. The van der Waals surface area contributed by atoms with Crippen LogP contribution in [0.1, 0.15) is 26.7 Å². The molecule has 1 N–H and O–H groups in total. The van der Waals surface area contributed by atoms with Gasteiger partial charge in [0.25, 0.3) is 0 Å². The second-order valence-corrected chi connectivity index (χ2v) is 3.70.